The number of likely N-dealkylation sites (N-methyl/N-ethyl adjacent to an activating group) is 1. The van der Waals surface area contributed by atoms with Crippen LogP contribution in [0.1, 0.15) is 18.5 Å². The molecular formula is C19H25N7. The Morgan fingerprint density at radius 2 is 2.04 bits per heavy atom. The van der Waals surface area contributed by atoms with E-state index in [-0.39, 0.29) is 0 Å². The number of aromatic nitrogens is 5. The van der Waals surface area contributed by atoms with Crippen LogP contribution in [0.2, 0.25) is 0 Å². The average Bonchev–Trinajstić information content (AvgIpc) is 2.96. The lowest BCUT2D eigenvalue weighted by Gasteiger charge is -2.37. The van der Waals surface area contributed by atoms with Crippen molar-refractivity contribution in [1.29, 1.82) is 0 Å². The van der Waals surface area contributed by atoms with Gasteiger partial charge in [-0.3, -0.25) is 9.67 Å². The molecule has 0 aliphatic carbocycles. The molecular weight excluding hydrogens is 326 g/mol. The van der Waals surface area contributed by atoms with Gasteiger partial charge in [0.1, 0.15) is 11.5 Å². The van der Waals surface area contributed by atoms with E-state index in [0.717, 1.165) is 47.7 Å². The van der Waals surface area contributed by atoms with Gasteiger partial charge in [0, 0.05) is 32.4 Å². The molecule has 136 valence electrons. The SMILES string of the molecule is Cc1nn(C)c2nc(-c3ccccn3)nc(N3CCC[C@@H](N(C)C)C3)c12. The second kappa shape index (κ2) is 6.64. The van der Waals surface area contributed by atoms with Crippen molar-refractivity contribution in [2.45, 2.75) is 25.8 Å². The first-order valence-electron chi connectivity index (χ1n) is 9.08. The molecule has 1 saturated heterocycles. The largest absolute Gasteiger partial charge is 0.354 e. The monoisotopic (exact) mass is 351 g/mol. The summed E-state index contributed by atoms with van der Waals surface area (Å²) in [6.45, 7) is 4.00. The highest BCUT2D eigenvalue weighted by Gasteiger charge is 2.26. The Morgan fingerprint density at radius 3 is 2.77 bits per heavy atom. The number of pyridine rings is 1. The molecule has 0 radical (unpaired) electrons. The highest BCUT2D eigenvalue weighted by atomic mass is 15.3. The molecule has 0 bridgehead atoms. The van der Waals surface area contributed by atoms with Crippen molar-refractivity contribution in [3.8, 4) is 11.5 Å². The maximum absolute atomic E-state index is 4.94. The molecule has 3 aromatic rings. The van der Waals surface area contributed by atoms with E-state index in [0.29, 0.717) is 11.9 Å². The minimum Gasteiger partial charge on any atom is -0.354 e. The van der Waals surface area contributed by atoms with Crippen LogP contribution in [0.5, 0.6) is 0 Å². The molecule has 1 aliphatic rings. The highest BCUT2D eigenvalue weighted by molar-refractivity contribution is 5.91. The number of piperidine rings is 1. The predicted molar refractivity (Wildman–Crippen MR) is 103 cm³/mol. The molecule has 1 fully saturated rings. The first-order chi connectivity index (χ1) is 12.5. The standard InChI is InChI=1S/C19H25N7/c1-13-16-18(25(4)23-13)21-17(15-9-5-6-10-20-15)22-19(16)26-11-7-8-14(12-26)24(2)3/h5-6,9-10,14H,7-8,11-12H2,1-4H3/t14-/m1/s1. The lowest BCUT2D eigenvalue weighted by Crippen LogP contribution is -2.45. The molecule has 4 rings (SSSR count). The third kappa shape index (κ3) is 2.92. The van der Waals surface area contributed by atoms with E-state index in [1.807, 2.05) is 36.9 Å². The molecule has 0 N–H and O–H groups in total. The summed E-state index contributed by atoms with van der Waals surface area (Å²) in [5, 5.41) is 5.64. The summed E-state index contributed by atoms with van der Waals surface area (Å²) in [4.78, 5) is 18.8. The minimum absolute atomic E-state index is 0.532. The lowest BCUT2D eigenvalue weighted by molar-refractivity contribution is 0.257. The number of hydrogen-bond acceptors (Lipinski definition) is 6. The maximum Gasteiger partial charge on any atom is 0.182 e. The number of anilines is 1. The van der Waals surface area contributed by atoms with Crippen LogP contribution < -0.4 is 4.90 Å². The van der Waals surface area contributed by atoms with Gasteiger partial charge in [-0.1, -0.05) is 6.07 Å². The minimum atomic E-state index is 0.532. The molecule has 26 heavy (non-hydrogen) atoms. The fourth-order valence-corrected chi connectivity index (χ4v) is 3.72. The molecule has 1 atom stereocenters. The Morgan fingerprint density at radius 1 is 1.19 bits per heavy atom. The molecule has 1 aliphatic heterocycles. The van der Waals surface area contributed by atoms with E-state index in [4.69, 9.17) is 9.97 Å². The van der Waals surface area contributed by atoms with Gasteiger partial charge >= 0.3 is 0 Å². The third-order valence-corrected chi connectivity index (χ3v) is 5.16. The molecule has 3 aromatic heterocycles. The van der Waals surface area contributed by atoms with Gasteiger partial charge in [0.25, 0.3) is 0 Å². The van der Waals surface area contributed by atoms with Crippen molar-refractivity contribution in [2.75, 3.05) is 32.1 Å². The first-order valence-corrected chi connectivity index (χ1v) is 9.08. The highest BCUT2D eigenvalue weighted by Crippen LogP contribution is 2.31. The van der Waals surface area contributed by atoms with Crippen molar-refractivity contribution >= 4 is 16.9 Å². The fourth-order valence-electron chi connectivity index (χ4n) is 3.72. The van der Waals surface area contributed by atoms with Crippen molar-refractivity contribution < 1.29 is 0 Å². The predicted octanol–water partition coefficient (Wildman–Crippen LogP) is 2.26. The summed E-state index contributed by atoms with van der Waals surface area (Å²) < 4.78 is 1.84. The van der Waals surface area contributed by atoms with E-state index in [9.17, 15) is 0 Å². The summed E-state index contributed by atoms with van der Waals surface area (Å²) in [6.07, 6.45) is 4.16. The quantitative estimate of drug-likeness (QED) is 0.721. The smallest absolute Gasteiger partial charge is 0.182 e. The van der Waals surface area contributed by atoms with Gasteiger partial charge in [-0.2, -0.15) is 5.10 Å². The molecule has 4 heterocycles. The summed E-state index contributed by atoms with van der Waals surface area (Å²) in [7, 11) is 6.24. The van der Waals surface area contributed by atoms with Crippen LogP contribution >= 0.6 is 0 Å². The van der Waals surface area contributed by atoms with Crippen LogP contribution in [-0.4, -0.2) is 62.9 Å². The summed E-state index contributed by atoms with van der Waals surface area (Å²) >= 11 is 0. The molecule has 0 spiro atoms. The van der Waals surface area contributed by atoms with E-state index < -0.39 is 0 Å². The Kier molecular flexibility index (Phi) is 4.32. The molecule has 0 aromatic carbocycles. The van der Waals surface area contributed by atoms with Gasteiger partial charge in [-0.15, -0.1) is 0 Å². The van der Waals surface area contributed by atoms with Crippen molar-refractivity contribution in [1.82, 2.24) is 29.6 Å². The molecule has 7 heteroatoms. The normalized spacial score (nSPS) is 18.0. The van der Waals surface area contributed by atoms with Crippen LogP contribution in [-0.2, 0) is 7.05 Å². The van der Waals surface area contributed by atoms with E-state index in [2.05, 4.69) is 34.0 Å². The Hall–Kier alpha value is -2.54. The molecule has 7 nitrogen and oxygen atoms in total. The van der Waals surface area contributed by atoms with Crippen molar-refractivity contribution in [3.63, 3.8) is 0 Å². The first kappa shape index (κ1) is 16.9. The van der Waals surface area contributed by atoms with Crippen molar-refractivity contribution in [2.24, 2.45) is 7.05 Å². The lowest BCUT2D eigenvalue weighted by atomic mass is 10.0. The van der Waals surface area contributed by atoms with Crippen LogP contribution in [0.15, 0.2) is 24.4 Å². The van der Waals surface area contributed by atoms with Crippen LogP contribution in [0.25, 0.3) is 22.6 Å². The van der Waals surface area contributed by atoms with E-state index in [1.54, 1.807) is 6.20 Å². The second-order valence-electron chi connectivity index (χ2n) is 7.20. The van der Waals surface area contributed by atoms with Gasteiger partial charge < -0.3 is 9.80 Å². The Labute approximate surface area is 153 Å². The average molecular weight is 351 g/mol. The van der Waals surface area contributed by atoms with Gasteiger partial charge in [-0.05, 0) is 46.0 Å². The van der Waals surface area contributed by atoms with Gasteiger partial charge in [0.15, 0.2) is 11.5 Å². The Bertz CT molecular complexity index is 917. The van der Waals surface area contributed by atoms with Crippen molar-refractivity contribution in [3.05, 3.63) is 30.1 Å². The van der Waals surface area contributed by atoms with Gasteiger partial charge in [0.2, 0.25) is 0 Å². The number of nitrogens with zero attached hydrogens (tertiary/aromatic N) is 7. The number of hydrogen-bond donors (Lipinski definition) is 0. The maximum atomic E-state index is 4.94. The number of aryl methyl sites for hydroxylation is 2. The fraction of sp³-hybridized carbons (Fsp3) is 0.474. The summed E-state index contributed by atoms with van der Waals surface area (Å²) in [5.41, 5.74) is 2.62. The third-order valence-electron chi connectivity index (χ3n) is 5.16. The zero-order valence-corrected chi connectivity index (χ0v) is 15.8. The Balaban J connectivity index is 1.87. The molecule has 0 amide bonds. The number of rotatable bonds is 3. The molecule has 0 saturated carbocycles. The van der Waals surface area contributed by atoms with Gasteiger partial charge in [-0.25, -0.2) is 9.97 Å². The van der Waals surface area contributed by atoms with Crippen LogP contribution in [0.4, 0.5) is 5.82 Å². The molecule has 0 unspecified atom stereocenters. The number of fused-ring (bicyclic) bond motifs is 1. The zero-order chi connectivity index (χ0) is 18.3. The zero-order valence-electron chi connectivity index (χ0n) is 15.8. The van der Waals surface area contributed by atoms with Gasteiger partial charge in [0.05, 0.1) is 11.1 Å². The van der Waals surface area contributed by atoms with Crippen LogP contribution in [0.3, 0.4) is 0 Å². The van der Waals surface area contributed by atoms with E-state index in [1.165, 1.54) is 6.42 Å². The summed E-state index contributed by atoms with van der Waals surface area (Å²) in [5.74, 6) is 1.64. The second-order valence-corrected chi connectivity index (χ2v) is 7.20. The van der Waals surface area contributed by atoms with E-state index >= 15 is 0 Å². The van der Waals surface area contributed by atoms with Crippen LogP contribution in [0, 0.1) is 6.92 Å². The topological polar surface area (TPSA) is 63.0 Å². The summed E-state index contributed by atoms with van der Waals surface area (Å²) in [6, 6.07) is 6.35.